The molecule has 1 saturated heterocycles. The number of methoxy groups -OCH3 is 2. The number of hydrogen-bond donors (Lipinski definition) is 2. The van der Waals surface area contributed by atoms with E-state index in [1.54, 1.807) is 23.1 Å². The summed E-state index contributed by atoms with van der Waals surface area (Å²) in [6.07, 6.45) is 0. The number of hydrogen-bond acceptors (Lipinski definition) is 7. The molecule has 9 nitrogen and oxygen atoms in total. The van der Waals surface area contributed by atoms with Gasteiger partial charge >= 0.3 is 0 Å². The van der Waals surface area contributed by atoms with Crippen molar-refractivity contribution in [3.05, 3.63) is 83.6 Å². The van der Waals surface area contributed by atoms with Crippen LogP contribution in [0.5, 0.6) is 11.5 Å². The second kappa shape index (κ2) is 9.99. The van der Waals surface area contributed by atoms with Gasteiger partial charge in [-0.3, -0.25) is 4.79 Å². The molecule has 0 aliphatic carbocycles. The van der Waals surface area contributed by atoms with E-state index in [9.17, 15) is 9.18 Å². The Morgan fingerprint density at radius 3 is 2.58 bits per heavy atom. The van der Waals surface area contributed by atoms with Gasteiger partial charge in [-0.2, -0.15) is 4.98 Å². The third kappa shape index (κ3) is 4.29. The van der Waals surface area contributed by atoms with Crippen molar-refractivity contribution in [3.63, 3.8) is 0 Å². The van der Waals surface area contributed by atoms with Crippen LogP contribution in [-0.2, 0) is 0 Å². The van der Waals surface area contributed by atoms with Crippen LogP contribution < -0.4 is 20.1 Å². The highest BCUT2D eigenvalue weighted by Gasteiger charge is 2.34. The first-order valence-corrected chi connectivity index (χ1v) is 12.6. The average molecular weight is 545 g/mol. The summed E-state index contributed by atoms with van der Waals surface area (Å²) in [6, 6.07) is 16.8. The number of nitrogens with two attached hydrogens (primary N) is 1. The molecule has 40 heavy (non-hydrogen) atoms. The van der Waals surface area contributed by atoms with E-state index in [0.29, 0.717) is 41.6 Å². The topological polar surface area (TPSA) is 110 Å². The van der Waals surface area contributed by atoms with E-state index in [0.717, 1.165) is 5.56 Å². The number of fused-ring (bicyclic) bond motifs is 2. The monoisotopic (exact) mass is 544 g/mol. The summed E-state index contributed by atoms with van der Waals surface area (Å²) in [5, 5.41) is 0.926. The molecule has 1 amide bonds. The molecule has 2 aromatic heterocycles. The molecular weight excluding hydrogens is 518 g/mol. The third-order valence-electron chi connectivity index (χ3n) is 7.22. The van der Waals surface area contributed by atoms with Crippen LogP contribution in [0, 0.1) is 11.6 Å². The number of amides is 1. The number of piperazine rings is 1. The van der Waals surface area contributed by atoms with Gasteiger partial charge in [-0.1, -0.05) is 30.3 Å². The Morgan fingerprint density at radius 1 is 1.02 bits per heavy atom. The molecule has 6 rings (SSSR count). The number of nitrogens with zero attached hydrogens (tertiary/aromatic N) is 4. The molecule has 1 aliphatic rings. The molecule has 1 aliphatic heterocycles. The van der Waals surface area contributed by atoms with Gasteiger partial charge in [0, 0.05) is 35.9 Å². The number of anilines is 2. The van der Waals surface area contributed by atoms with Crippen molar-refractivity contribution in [1.29, 1.82) is 0 Å². The number of rotatable bonds is 5. The molecule has 204 valence electrons. The van der Waals surface area contributed by atoms with Gasteiger partial charge in [0.05, 0.1) is 20.3 Å². The van der Waals surface area contributed by atoms with Crippen LogP contribution in [0.25, 0.3) is 21.8 Å². The van der Waals surface area contributed by atoms with E-state index in [4.69, 9.17) is 15.2 Å². The van der Waals surface area contributed by atoms with E-state index in [2.05, 4.69) is 15.0 Å². The molecule has 11 heteroatoms. The van der Waals surface area contributed by atoms with Crippen LogP contribution in [-0.4, -0.2) is 59.6 Å². The lowest BCUT2D eigenvalue weighted by Gasteiger charge is -2.41. The summed E-state index contributed by atoms with van der Waals surface area (Å²) in [6.45, 7) is 1.02. The van der Waals surface area contributed by atoms with Crippen LogP contribution in [0.2, 0.25) is 0 Å². The first-order valence-electron chi connectivity index (χ1n) is 12.6. The van der Waals surface area contributed by atoms with Gasteiger partial charge in [0.25, 0.3) is 5.91 Å². The molecule has 0 spiro atoms. The van der Waals surface area contributed by atoms with E-state index < -0.39 is 5.82 Å². The minimum absolute atomic E-state index is 0.00998. The maximum absolute atomic E-state index is 15.5. The number of aromatic amines is 1. The van der Waals surface area contributed by atoms with Gasteiger partial charge in [0.2, 0.25) is 5.95 Å². The lowest BCUT2D eigenvalue weighted by atomic mass is 10.0. The largest absolute Gasteiger partial charge is 0.493 e. The van der Waals surface area contributed by atoms with Gasteiger partial charge in [-0.05, 0) is 35.9 Å². The molecular formula is C29H26F2N6O3. The maximum atomic E-state index is 15.5. The standard InChI is InChI=1S/C29H26F2N6O3/c1-39-23-14-19-25(24(31)26(23)40-2)34-29(35-27(19)32)37-11-10-36(15-22(37)16-6-4-3-5-7-16)28(38)21-13-17-12-18(30)8-9-20(17)33-21/h3-9,12-14,22,33H,10-11,15H2,1-2H3,(H2,32,34,35)/t22-/m1/s1. The van der Waals surface area contributed by atoms with E-state index in [-0.39, 0.29) is 46.5 Å². The summed E-state index contributed by atoms with van der Waals surface area (Å²) in [4.78, 5) is 29.4. The van der Waals surface area contributed by atoms with Crippen molar-refractivity contribution in [2.24, 2.45) is 0 Å². The fourth-order valence-electron chi connectivity index (χ4n) is 5.22. The molecule has 0 radical (unpaired) electrons. The van der Waals surface area contributed by atoms with E-state index >= 15 is 4.39 Å². The number of H-pyrrole nitrogens is 1. The Balaban J connectivity index is 1.38. The van der Waals surface area contributed by atoms with Gasteiger partial charge in [0.1, 0.15) is 22.8 Å². The predicted molar refractivity (Wildman–Crippen MR) is 148 cm³/mol. The molecule has 1 fully saturated rings. The zero-order chi connectivity index (χ0) is 28.0. The minimum Gasteiger partial charge on any atom is -0.493 e. The summed E-state index contributed by atoms with van der Waals surface area (Å²) >= 11 is 0. The minimum atomic E-state index is -0.701. The summed E-state index contributed by atoms with van der Waals surface area (Å²) in [5.74, 6) is -0.845. The van der Waals surface area contributed by atoms with Crippen molar-refractivity contribution >= 4 is 39.5 Å². The highest BCUT2D eigenvalue weighted by molar-refractivity contribution is 5.98. The lowest BCUT2D eigenvalue weighted by Crippen LogP contribution is -2.51. The van der Waals surface area contributed by atoms with E-state index in [1.807, 2.05) is 35.2 Å². The predicted octanol–water partition coefficient (Wildman–Crippen LogP) is 4.69. The first kappa shape index (κ1) is 25.4. The van der Waals surface area contributed by atoms with Gasteiger partial charge in [-0.25, -0.2) is 13.8 Å². The summed E-state index contributed by atoms with van der Waals surface area (Å²) < 4.78 is 39.7. The summed E-state index contributed by atoms with van der Waals surface area (Å²) in [5.41, 5.74) is 8.28. The number of nitrogens with one attached hydrogen (secondary N) is 1. The Kier molecular flexibility index (Phi) is 6.33. The van der Waals surface area contributed by atoms with Gasteiger partial charge in [-0.15, -0.1) is 0 Å². The molecule has 5 aromatic rings. The first-order chi connectivity index (χ1) is 19.4. The Labute approximate surface area is 228 Å². The van der Waals surface area contributed by atoms with Crippen molar-refractivity contribution in [2.75, 3.05) is 44.5 Å². The van der Waals surface area contributed by atoms with E-state index in [1.165, 1.54) is 26.4 Å². The third-order valence-corrected chi connectivity index (χ3v) is 7.22. The Bertz CT molecular complexity index is 1740. The maximum Gasteiger partial charge on any atom is 0.270 e. The van der Waals surface area contributed by atoms with Crippen molar-refractivity contribution < 1.29 is 23.0 Å². The van der Waals surface area contributed by atoms with Gasteiger partial charge < -0.3 is 30.0 Å². The van der Waals surface area contributed by atoms with Crippen molar-refractivity contribution in [3.8, 4) is 11.5 Å². The molecule has 0 saturated carbocycles. The normalized spacial score (nSPS) is 15.6. The zero-order valence-electron chi connectivity index (χ0n) is 21.8. The Morgan fingerprint density at radius 2 is 1.82 bits per heavy atom. The average Bonchev–Trinajstić information content (AvgIpc) is 3.40. The second-order valence-corrected chi connectivity index (χ2v) is 9.52. The highest BCUT2D eigenvalue weighted by Crippen LogP contribution is 2.39. The second-order valence-electron chi connectivity index (χ2n) is 9.52. The number of benzene rings is 3. The fourth-order valence-corrected chi connectivity index (χ4v) is 5.22. The lowest BCUT2D eigenvalue weighted by molar-refractivity contribution is 0.0716. The SMILES string of the molecule is COc1cc2c(N)nc(N3CCN(C(=O)c4cc5cc(F)ccc5[nH]4)C[C@@H]3c3ccccc3)nc2c(F)c1OC. The van der Waals surface area contributed by atoms with Crippen LogP contribution in [0.15, 0.2) is 60.7 Å². The molecule has 0 unspecified atom stereocenters. The summed E-state index contributed by atoms with van der Waals surface area (Å²) in [7, 11) is 2.76. The molecule has 3 aromatic carbocycles. The number of halogens is 2. The quantitative estimate of drug-likeness (QED) is 0.330. The van der Waals surface area contributed by atoms with Crippen LogP contribution >= 0.6 is 0 Å². The van der Waals surface area contributed by atoms with Crippen molar-refractivity contribution in [2.45, 2.75) is 6.04 Å². The number of aromatic nitrogens is 3. The number of ether oxygens (including phenoxy) is 2. The van der Waals surface area contributed by atoms with Crippen LogP contribution in [0.1, 0.15) is 22.1 Å². The zero-order valence-corrected chi connectivity index (χ0v) is 21.8. The highest BCUT2D eigenvalue weighted by atomic mass is 19.1. The van der Waals surface area contributed by atoms with Crippen LogP contribution in [0.3, 0.4) is 0 Å². The van der Waals surface area contributed by atoms with Crippen molar-refractivity contribution in [1.82, 2.24) is 19.9 Å². The smallest absolute Gasteiger partial charge is 0.270 e. The molecule has 0 bridgehead atoms. The number of carbonyl (C=O) groups is 1. The Hall–Kier alpha value is -4.93. The number of carbonyl (C=O) groups excluding carboxylic acids is 1. The van der Waals surface area contributed by atoms with Crippen LogP contribution in [0.4, 0.5) is 20.5 Å². The molecule has 1 atom stereocenters. The molecule has 3 N–H and O–H groups in total. The van der Waals surface area contributed by atoms with Gasteiger partial charge in [0.15, 0.2) is 17.3 Å². The molecule has 3 heterocycles. The number of nitrogen functional groups attached to an aromatic ring is 1. The fraction of sp³-hybridized carbons (Fsp3) is 0.207.